The molecule has 0 unspecified atom stereocenters. The summed E-state index contributed by atoms with van der Waals surface area (Å²) in [6.07, 6.45) is 0. The number of hydrogen-bond donors (Lipinski definition) is 2. The molecule has 0 saturated heterocycles. The van der Waals surface area contributed by atoms with Gasteiger partial charge < -0.3 is 10.6 Å². The molecule has 0 aromatic heterocycles. The molecule has 0 aliphatic carbocycles. The summed E-state index contributed by atoms with van der Waals surface area (Å²) in [5, 5.41) is 7.43. The van der Waals surface area contributed by atoms with Crippen molar-refractivity contribution in [2.24, 2.45) is 0 Å². The van der Waals surface area contributed by atoms with Gasteiger partial charge in [0.15, 0.2) is 0 Å². The van der Waals surface area contributed by atoms with Gasteiger partial charge in [-0.3, -0.25) is 4.79 Å². The highest BCUT2D eigenvalue weighted by Gasteiger charge is 2.14. The minimum Gasteiger partial charge on any atom is -0.324 e. The molecule has 2 N–H and O–H groups in total. The fraction of sp³-hybridized carbons (Fsp3) is 0.350. The second-order valence-corrected chi connectivity index (χ2v) is 7.35. The van der Waals surface area contributed by atoms with Crippen molar-refractivity contribution in [3.63, 3.8) is 0 Å². The Morgan fingerprint density at radius 3 is 2.44 bits per heavy atom. The molecular formula is C20H24Cl2N2O. The monoisotopic (exact) mass is 378 g/mol. The van der Waals surface area contributed by atoms with Crippen molar-refractivity contribution in [2.75, 3.05) is 11.9 Å². The Morgan fingerprint density at radius 1 is 1.08 bits per heavy atom. The smallest absolute Gasteiger partial charge is 0.238 e. The summed E-state index contributed by atoms with van der Waals surface area (Å²) in [4.78, 5) is 12.4. The molecule has 0 aliphatic heterocycles. The maximum atomic E-state index is 12.4. The van der Waals surface area contributed by atoms with Crippen LogP contribution in [0.4, 0.5) is 5.69 Å². The van der Waals surface area contributed by atoms with E-state index in [4.69, 9.17) is 23.2 Å². The van der Waals surface area contributed by atoms with Crippen molar-refractivity contribution in [3.05, 3.63) is 63.1 Å². The molecule has 0 heterocycles. The van der Waals surface area contributed by atoms with E-state index in [0.29, 0.717) is 16.0 Å². The molecule has 0 radical (unpaired) electrons. The normalized spacial score (nSPS) is 12.3. The summed E-state index contributed by atoms with van der Waals surface area (Å²) < 4.78 is 0. The molecule has 1 amide bonds. The summed E-state index contributed by atoms with van der Waals surface area (Å²) in [6, 6.07) is 11.4. The Morgan fingerprint density at radius 2 is 1.80 bits per heavy atom. The maximum absolute atomic E-state index is 12.4. The summed E-state index contributed by atoms with van der Waals surface area (Å²) in [7, 11) is 0. The van der Waals surface area contributed by atoms with E-state index in [0.717, 1.165) is 22.4 Å². The Bertz CT molecular complexity index is 759. The Balaban J connectivity index is 2.02. The summed E-state index contributed by atoms with van der Waals surface area (Å²) in [5.41, 5.74) is 4.02. The van der Waals surface area contributed by atoms with E-state index in [1.54, 1.807) is 12.1 Å². The SMILES string of the molecule is Cc1cccc(C(C)C)c1NC(=O)CN[C@@H](C)c1ccc(Cl)cc1Cl. The van der Waals surface area contributed by atoms with E-state index in [9.17, 15) is 4.79 Å². The fourth-order valence-electron chi connectivity index (χ4n) is 2.73. The van der Waals surface area contributed by atoms with Gasteiger partial charge in [-0.25, -0.2) is 0 Å². The summed E-state index contributed by atoms with van der Waals surface area (Å²) in [5.74, 6) is 0.267. The number of amides is 1. The van der Waals surface area contributed by atoms with Crippen LogP contribution >= 0.6 is 23.2 Å². The van der Waals surface area contributed by atoms with Crippen molar-refractivity contribution >= 4 is 34.8 Å². The van der Waals surface area contributed by atoms with Gasteiger partial charge in [0.1, 0.15) is 0 Å². The molecule has 5 heteroatoms. The average molecular weight is 379 g/mol. The molecule has 0 aliphatic rings. The number of para-hydroxylation sites is 1. The minimum absolute atomic E-state index is 0.0584. The zero-order valence-electron chi connectivity index (χ0n) is 15.0. The number of hydrogen-bond acceptors (Lipinski definition) is 2. The highest BCUT2D eigenvalue weighted by molar-refractivity contribution is 6.35. The van der Waals surface area contributed by atoms with Gasteiger partial charge in [-0.1, -0.05) is 61.3 Å². The van der Waals surface area contributed by atoms with Crippen LogP contribution in [-0.4, -0.2) is 12.5 Å². The molecule has 2 aromatic carbocycles. The van der Waals surface area contributed by atoms with E-state index in [1.165, 1.54) is 0 Å². The predicted molar refractivity (Wildman–Crippen MR) is 107 cm³/mol. The van der Waals surface area contributed by atoms with Gasteiger partial charge in [-0.15, -0.1) is 0 Å². The van der Waals surface area contributed by atoms with Gasteiger partial charge in [-0.05, 0) is 48.6 Å². The quantitative estimate of drug-likeness (QED) is 0.675. The van der Waals surface area contributed by atoms with Crippen LogP contribution in [0.5, 0.6) is 0 Å². The lowest BCUT2D eigenvalue weighted by Crippen LogP contribution is -2.30. The fourth-order valence-corrected chi connectivity index (χ4v) is 3.31. The number of aryl methyl sites for hydroxylation is 1. The first-order valence-electron chi connectivity index (χ1n) is 8.37. The average Bonchev–Trinajstić information content (AvgIpc) is 2.54. The molecule has 25 heavy (non-hydrogen) atoms. The highest BCUT2D eigenvalue weighted by atomic mass is 35.5. The topological polar surface area (TPSA) is 41.1 Å². The number of carbonyl (C=O) groups is 1. The lowest BCUT2D eigenvalue weighted by Gasteiger charge is -2.18. The van der Waals surface area contributed by atoms with Gasteiger partial charge in [-0.2, -0.15) is 0 Å². The molecule has 2 aromatic rings. The third-order valence-corrected chi connectivity index (χ3v) is 4.75. The maximum Gasteiger partial charge on any atom is 0.238 e. The first-order chi connectivity index (χ1) is 11.8. The van der Waals surface area contributed by atoms with Crippen molar-refractivity contribution in [1.82, 2.24) is 5.32 Å². The van der Waals surface area contributed by atoms with E-state index < -0.39 is 0 Å². The first-order valence-corrected chi connectivity index (χ1v) is 9.13. The second kappa shape index (κ2) is 8.70. The van der Waals surface area contributed by atoms with Crippen LogP contribution < -0.4 is 10.6 Å². The van der Waals surface area contributed by atoms with Crippen LogP contribution in [0.1, 0.15) is 49.4 Å². The lowest BCUT2D eigenvalue weighted by atomic mass is 9.98. The van der Waals surface area contributed by atoms with Crippen molar-refractivity contribution in [3.8, 4) is 0 Å². The highest BCUT2D eigenvalue weighted by Crippen LogP contribution is 2.28. The van der Waals surface area contributed by atoms with Crippen molar-refractivity contribution < 1.29 is 4.79 Å². The van der Waals surface area contributed by atoms with Crippen LogP contribution in [0.15, 0.2) is 36.4 Å². The molecule has 134 valence electrons. The molecule has 2 rings (SSSR count). The molecule has 0 saturated carbocycles. The first kappa shape index (κ1) is 19.8. The Kier molecular flexibility index (Phi) is 6.88. The van der Waals surface area contributed by atoms with Crippen molar-refractivity contribution in [2.45, 2.75) is 39.7 Å². The van der Waals surface area contributed by atoms with Crippen LogP contribution in [0.25, 0.3) is 0 Å². The van der Waals surface area contributed by atoms with E-state index in [-0.39, 0.29) is 18.5 Å². The number of benzene rings is 2. The Hall–Kier alpha value is -1.55. The van der Waals surface area contributed by atoms with Gasteiger partial charge >= 0.3 is 0 Å². The number of halogens is 2. The second-order valence-electron chi connectivity index (χ2n) is 6.51. The molecule has 0 bridgehead atoms. The standard InChI is InChI=1S/C20H24Cl2N2O/c1-12(2)16-7-5-6-13(3)20(16)24-19(25)11-23-14(4)17-9-8-15(21)10-18(17)22/h5-10,12,14,23H,11H2,1-4H3,(H,24,25)/t14-/m0/s1. The Labute approximate surface area is 159 Å². The molecule has 0 spiro atoms. The summed E-state index contributed by atoms with van der Waals surface area (Å²) in [6.45, 7) is 8.41. The predicted octanol–water partition coefficient (Wildman–Crippen LogP) is 5.71. The van der Waals surface area contributed by atoms with Crippen LogP contribution in [0, 0.1) is 6.92 Å². The lowest BCUT2D eigenvalue weighted by molar-refractivity contribution is -0.115. The van der Waals surface area contributed by atoms with Crippen LogP contribution in [0.3, 0.4) is 0 Å². The molecule has 0 fully saturated rings. The van der Waals surface area contributed by atoms with Crippen LogP contribution in [0.2, 0.25) is 10.0 Å². The summed E-state index contributed by atoms with van der Waals surface area (Å²) >= 11 is 12.1. The van der Waals surface area contributed by atoms with E-state index >= 15 is 0 Å². The largest absolute Gasteiger partial charge is 0.324 e. The number of carbonyl (C=O) groups excluding carboxylic acids is 1. The molecule has 1 atom stereocenters. The molecular weight excluding hydrogens is 355 g/mol. The molecule has 3 nitrogen and oxygen atoms in total. The number of nitrogens with one attached hydrogen (secondary N) is 2. The van der Waals surface area contributed by atoms with Gasteiger partial charge in [0.05, 0.1) is 6.54 Å². The van der Waals surface area contributed by atoms with Crippen molar-refractivity contribution in [1.29, 1.82) is 0 Å². The third kappa shape index (κ3) is 5.21. The minimum atomic E-state index is -0.0758. The van der Waals surface area contributed by atoms with Crippen LogP contribution in [-0.2, 0) is 4.79 Å². The van der Waals surface area contributed by atoms with Gasteiger partial charge in [0, 0.05) is 21.8 Å². The zero-order chi connectivity index (χ0) is 18.6. The van der Waals surface area contributed by atoms with E-state index in [2.05, 4.69) is 30.5 Å². The van der Waals surface area contributed by atoms with E-state index in [1.807, 2.05) is 32.0 Å². The number of anilines is 1. The zero-order valence-corrected chi connectivity index (χ0v) is 16.5. The van der Waals surface area contributed by atoms with Gasteiger partial charge in [0.2, 0.25) is 5.91 Å². The van der Waals surface area contributed by atoms with Gasteiger partial charge in [0.25, 0.3) is 0 Å². The third-order valence-electron chi connectivity index (χ3n) is 4.19. The number of rotatable bonds is 6.